The predicted molar refractivity (Wildman–Crippen MR) is 88.7 cm³/mol. The van der Waals surface area contributed by atoms with Gasteiger partial charge in [-0.15, -0.1) is 0 Å². The second-order valence-electron chi connectivity index (χ2n) is 6.04. The molecule has 3 N–H and O–H groups in total. The van der Waals surface area contributed by atoms with Crippen LogP contribution in [0.1, 0.15) is 46.0 Å². The van der Waals surface area contributed by atoms with Crippen molar-refractivity contribution in [2.75, 3.05) is 17.2 Å². The Labute approximate surface area is 127 Å². The van der Waals surface area contributed by atoms with Gasteiger partial charge in [-0.3, -0.25) is 4.79 Å². The number of rotatable bonds is 5. The molecule has 4 nitrogen and oxygen atoms in total. The number of benzene rings is 1. The summed E-state index contributed by atoms with van der Waals surface area (Å²) in [4.78, 5) is 11.1. The van der Waals surface area contributed by atoms with Crippen LogP contribution in [-0.4, -0.2) is 24.5 Å². The van der Waals surface area contributed by atoms with Crippen LogP contribution in [0.3, 0.4) is 0 Å². The molecule has 2 atom stereocenters. The molecule has 1 aliphatic heterocycles. The summed E-state index contributed by atoms with van der Waals surface area (Å²) in [5.74, 6) is -0.0390. The van der Waals surface area contributed by atoms with E-state index < -0.39 is 0 Å². The normalized spacial score (nSPS) is 20.4. The van der Waals surface area contributed by atoms with Crippen molar-refractivity contribution in [1.82, 2.24) is 5.32 Å². The molecule has 1 heterocycles. The maximum Gasteiger partial charge on any atom is 0.221 e. The first-order valence-corrected chi connectivity index (χ1v) is 8.01. The Morgan fingerprint density at radius 3 is 2.95 bits per heavy atom. The number of carbonyl (C=O) groups is 1. The molecule has 1 aromatic rings. The fourth-order valence-electron chi connectivity index (χ4n) is 2.96. The molecule has 0 aliphatic carbocycles. The highest BCUT2D eigenvalue weighted by molar-refractivity contribution is 5.89. The van der Waals surface area contributed by atoms with Gasteiger partial charge in [0.05, 0.1) is 0 Å². The molecule has 2 unspecified atom stereocenters. The topological polar surface area (TPSA) is 53.2 Å². The van der Waals surface area contributed by atoms with Crippen LogP contribution < -0.4 is 16.0 Å². The van der Waals surface area contributed by atoms with E-state index in [9.17, 15) is 4.79 Å². The third-order valence-corrected chi connectivity index (χ3v) is 3.90. The van der Waals surface area contributed by atoms with Crippen molar-refractivity contribution in [2.45, 2.75) is 58.0 Å². The van der Waals surface area contributed by atoms with Crippen molar-refractivity contribution >= 4 is 17.3 Å². The van der Waals surface area contributed by atoms with Crippen molar-refractivity contribution in [2.24, 2.45) is 0 Å². The van der Waals surface area contributed by atoms with Gasteiger partial charge >= 0.3 is 0 Å². The van der Waals surface area contributed by atoms with Gasteiger partial charge in [-0.2, -0.15) is 0 Å². The number of anilines is 2. The minimum atomic E-state index is -0.0390. The number of carbonyl (C=O) groups excluding carboxylic acids is 1. The number of hydrogen-bond donors (Lipinski definition) is 3. The molecule has 4 heteroatoms. The van der Waals surface area contributed by atoms with Gasteiger partial charge in [0.25, 0.3) is 0 Å². The highest BCUT2D eigenvalue weighted by Gasteiger charge is 2.14. The Balaban J connectivity index is 1.86. The van der Waals surface area contributed by atoms with Gasteiger partial charge < -0.3 is 16.0 Å². The standard InChI is InChI=1S/C17H27N3O/c1-13(11-15-7-4-3-5-10-18-15)19-16-8-6-9-17(12-16)20-14(2)21/h6,8-9,12-13,15,18-19H,3-5,7,10-11H2,1-2H3,(H,20,21). The average molecular weight is 289 g/mol. The van der Waals surface area contributed by atoms with Crippen LogP contribution in [0.5, 0.6) is 0 Å². The summed E-state index contributed by atoms with van der Waals surface area (Å²) in [5, 5.41) is 9.99. The zero-order valence-corrected chi connectivity index (χ0v) is 13.1. The fourth-order valence-corrected chi connectivity index (χ4v) is 2.96. The van der Waals surface area contributed by atoms with E-state index in [1.165, 1.54) is 32.6 Å². The quantitative estimate of drug-likeness (QED) is 0.779. The summed E-state index contributed by atoms with van der Waals surface area (Å²) >= 11 is 0. The number of nitrogens with one attached hydrogen (secondary N) is 3. The number of hydrogen-bond acceptors (Lipinski definition) is 3. The zero-order chi connectivity index (χ0) is 15.1. The molecule has 1 saturated heterocycles. The maximum atomic E-state index is 11.1. The van der Waals surface area contributed by atoms with Crippen LogP contribution in [0, 0.1) is 0 Å². The van der Waals surface area contributed by atoms with Crippen LogP contribution >= 0.6 is 0 Å². The van der Waals surface area contributed by atoms with Gasteiger partial charge in [0, 0.05) is 30.4 Å². The van der Waals surface area contributed by atoms with E-state index in [1.54, 1.807) is 0 Å². The minimum Gasteiger partial charge on any atom is -0.382 e. The van der Waals surface area contributed by atoms with Crippen LogP contribution in [-0.2, 0) is 4.79 Å². The maximum absolute atomic E-state index is 11.1. The third-order valence-electron chi connectivity index (χ3n) is 3.90. The van der Waals surface area contributed by atoms with Gasteiger partial charge in [0.2, 0.25) is 5.91 Å². The Morgan fingerprint density at radius 1 is 1.33 bits per heavy atom. The Morgan fingerprint density at radius 2 is 2.14 bits per heavy atom. The summed E-state index contributed by atoms with van der Waals surface area (Å²) in [6.07, 6.45) is 6.39. The van der Waals surface area contributed by atoms with Crippen LogP contribution in [0.2, 0.25) is 0 Å². The van der Waals surface area contributed by atoms with E-state index in [-0.39, 0.29) is 5.91 Å². The smallest absolute Gasteiger partial charge is 0.221 e. The van der Waals surface area contributed by atoms with Crippen LogP contribution in [0.25, 0.3) is 0 Å². The largest absolute Gasteiger partial charge is 0.382 e. The molecule has 2 rings (SSSR count). The molecule has 21 heavy (non-hydrogen) atoms. The minimum absolute atomic E-state index is 0.0390. The molecule has 0 radical (unpaired) electrons. The first kappa shape index (κ1) is 15.8. The van der Waals surface area contributed by atoms with Crippen molar-refractivity contribution in [1.29, 1.82) is 0 Å². The molecule has 1 amide bonds. The fraction of sp³-hybridized carbons (Fsp3) is 0.588. The van der Waals surface area contributed by atoms with E-state index in [0.29, 0.717) is 12.1 Å². The molecule has 116 valence electrons. The second kappa shape index (κ2) is 8.03. The second-order valence-corrected chi connectivity index (χ2v) is 6.04. The van der Waals surface area contributed by atoms with E-state index in [0.717, 1.165) is 24.3 Å². The third kappa shape index (κ3) is 5.76. The van der Waals surface area contributed by atoms with Gasteiger partial charge in [0.1, 0.15) is 0 Å². The van der Waals surface area contributed by atoms with E-state index >= 15 is 0 Å². The summed E-state index contributed by atoms with van der Waals surface area (Å²) in [5.41, 5.74) is 1.90. The lowest BCUT2D eigenvalue weighted by atomic mass is 10.0. The van der Waals surface area contributed by atoms with Crippen molar-refractivity contribution in [3.63, 3.8) is 0 Å². The summed E-state index contributed by atoms with van der Waals surface area (Å²) in [6.45, 7) is 4.90. The summed E-state index contributed by atoms with van der Waals surface area (Å²) in [6, 6.07) is 8.93. The predicted octanol–water partition coefficient (Wildman–Crippen LogP) is 3.37. The van der Waals surface area contributed by atoms with Crippen molar-refractivity contribution < 1.29 is 4.79 Å². The SMILES string of the molecule is CC(=O)Nc1cccc(NC(C)CC2CCCCCN2)c1. The average Bonchev–Trinajstić information content (AvgIpc) is 2.66. The first-order chi connectivity index (χ1) is 10.1. The van der Waals surface area contributed by atoms with E-state index in [1.807, 2.05) is 24.3 Å². The summed E-state index contributed by atoms with van der Waals surface area (Å²) in [7, 11) is 0. The van der Waals surface area contributed by atoms with Crippen LogP contribution in [0.4, 0.5) is 11.4 Å². The van der Waals surface area contributed by atoms with Gasteiger partial charge in [0.15, 0.2) is 0 Å². The highest BCUT2D eigenvalue weighted by atomic mass is 16.1. The lowest BCUT2D eigenvalue weighted by Gasteiger charge is -2.22. The molecule has 1 fully saturated rings. The van der Waals surface area contributed by atoms with Crippen molar-refractivity contribution in [3.8, 4) is 0 Å². The molecule has 0 bridgehead atoms. The Hall–Kier alpha value is -1.55. The summed E-state index contributed by atoms with van der Waals surface area (Å²) < 4.78 is 0. The molecule has 0 spiro atoms. The molecular weight excluding hydrogens is 262 g/mol. The van der Waals surface area contributed by atoms with E-state index in [2.05, 4.69) is 22.9 Å². The molecule has 0 saturated carbocycles. The lowest BCUT2D eigenvalue weighted by Crippen LogP contribution is -2.33. The van der Waals surface area contributed by atoms with Gasteiger partial charge in [-0.25, -0.2) is 0 Å². The molecule has 0 aromatic heterocycles. The zero-order valence-electron chi connectivity index (χ0n) is 13.1. The van der Waals surface area contributed by atoms with E-state index in [4.69, 9.17) is 0 Å². The first-order valence-electron chi connectivity index (χ1n) is 8.01. The van der Waals surface area contributed by atoms with Gasteiger partial charge in [-0.05, 0) is 50.9 Å². The van der Waals surface area contributed by atoms with Crippen molar-refractivity contribution in [3.05, 3.63) is 24.3 Å². The Bertz CT molecular complexity index is 453. The lowest BCUT2D eigenvalue weighted by molar-refractivity contribution is -0.114. The molecule has 1 aromatic carbocycles. The Kier molecular flexibility index (Phi) is 6.05. The molecule has 1 aliphatic rings. The van der Waals surface area contributed by atoms with Crippen LogP contribution in [0.15, 0.2) is 24.3 Å². The number of amides is 1. The highest BCUT2D eigenvalue weighted by Crippen LogP contribution is 2.18. The molecular formula is C17H27N3O. The monoisotopic (exact) mass is 289 g/mol. The van der Waals surface area contributed by atoms with Gasteiger partial charge in [-0.1, -0.05) is 18.9 Å².